The number of rotatable bonds is 4. The van der Waals surface area contributed by atoms with Gasteiger partial charge in [0.2, 0.25) is 5.91 Å². The third-order valence-electron chi connectivity index (χ3n) is 4.22. The van der Waals surface area contributed by atoms with Gasteiger partial charge < -0.3 is 15.5 Å². The maximum Gasteiger partial charge on any atom is 0.221 e. The molecule has 1 aromatic heterocycles. The second kappa shape index (κ2) is 7.29. The number of piperidine rings is 1. The topological polar surface area (TPSA) is 70.2 Å². The molecule has 1 saturated heterocycles. The Morgan fingerprint density at radius 2 is 1.92 bits per heavy atom. The van der Waals surface area contributed by atoms with E-state index in [2.05, 4.69) is 32.4 Å². The summed E-state index contributed by atoms with van der Waals surface area (Å²) in [5.41, 5.74) is 1.63. The van der Waals surface area contributed by atoms with Crippen molar-refractivity contribution in [2.75, 3.05) is 28.6 Å². The molecule has 0 unspecified atom stereocenters. The zero-order valence-corrected chi connectivity index (χ0v) is 14.1. The van der Waals surface area contributed by atoms with E-state index in [0.29, 0.717) is 0 Å². The van der Waals surface area contributed by atoms with Crippen LogP contribution < -0.4 is 15.5 Å². The number of carbonyl (C=O) groups excluding carboxylic acids is 1. The molecule has 1 fully saturated rings. The molecule has 6 heteroatoms. The van der Waals surface area contributed by atoms with Gasteiger partial charge in [0.1, 0.15) is 18.0 Å². The van der Waals surface area contributed by atoms with Crippen LogP contribution in [0, 0.1) is 5.92 Å². The van der Waals surface area contributed by atoms with E-state index in [1.54, 1.807) is 6.33 Å². The zero-order valence-electron chi connectivity index (χ0n) is 14.1. The standard InChI is InChI=1S/C18H23N5O/c1-13-6-8-23(9-7-13)18-11-17(19-12-20-18)22-16-5-3-4-15(10-16)21-14(2)24/h3-5,10-13H,6-9H2,1-2H3,(H,21,24)(H,19,20,22). The lowest BCUT2D eigenvalue weighted by Gasteiger charge is -2.31. The van der Waals surface area contributed by atoms with Crippen LogP contribution in [0.5, 0.6) is 0 Å². The Morgan fingerprint density at radius 1 is 1.17 bits per heavy atom. The lowest BCUT2D eigenvalue weighted by molar-refractivity contribution is -0.114. The van der Waals surface area contributed by atoms with Crippen molar-refractivity contribution in [1.82, 2.24) is 9.97 Å². The SMILES string of the molecule is CC(=O)Nc1cccc(Nc2cc(N3CCC(C)CC3)ncn2)c1. The van der Waals surface area contributed by atoms with Gasteiger partial charge in [0.15, 0.2) is 0 Å². The minimum Gasteiger partial charge on any atom is -0.356 e. The Labute approximate surface area is 142 Å². The van der Waals surface area contributed by atoms with Gasteiger partial charge in [-0.25, -0.2) is 9.97 Å². The molecule has 3 rings (SSSR count). The van der Waals surface area contributed by atoms with Gasteiger partial charge in [0, 0.05) is 37.5 Å². The van der Waals surface area contributed by atoms with Crippen molar-refractivity contribution in [3.63, 3.8) is 0 Å². The minimum atomic E-state index is -0.0872. The highest BCUT2D eigenvalue weighted by Gasteiger charge is 2.17. The monoisotopic (exact) mass is 325 g/mol. The highest BCUT2D eigenvalue weighted by atomic mass is 16.1. The summed E-state index contributed by atoms with van der Waals surface area (Å²) in [4.78, 5) is 22.2. The molecule has 2 aromatic rings. The number of nitrogens with one attached hydrogen (secondary N) is 2. The molecule has 1 aliphatic rings. The Morgan fingerprint density at radius 3 is 2.67 bits per heavy atom. The van der Waals surface area contributed by atoms with E-state index in [-0.39, 0.29) is 5.91 Å². The lowest BCUT2D eigenvalue weighted by Crippen LogP contribution is -2.33. The predicted molar refractivity (Wildman–Crippen MR) is 96.7 cm³/mol. The van der Waals surface area contributed by atoms with Gasteiger partial charge in [-0.05, 0) is 37.0 Å². The van der Waals surface area contributed by atoms with E-state index in [4.69, 9.17) is 0 Å². The van der Waals surface area contributed by atoms with E-state index in [1.807, 2.05) is 30.3 Å². The normalized spacial score (nSPS) is 15.2. The predicted octanol–water partition coefficient (Wildman–Crippen LogP) is 3.41. The van der Waals surface area contributed by atoms with Crippen molar-refractivity contribution in [3.8, 4) is 0 Å². The van der Waals surface area contributed by atoms with E-state index < -0.39 is 0 Å². The smallest absolute Gasteiger partial charge is 0.221 e. The Bertz CT molecular complexity index is 710. The van der Waals surface area contributed by atoms with Crippen LogP contribution in [0.15, 0.2) is 36.7 Å². The van der Waals surface area contributed by atoms with Gasteiger partial charge in [-0.1, -0.05) is 13.0 Å². The summed E-state index contributed by atoms with van der Waals surface area (Å²) in [6.07, 6.45) is 3.99. The van der Waals surface area contributed by atoms with E-state index >= 15 is 0 Å². The third-order valence-corrected chi connectivity index (χ3v) is 4.22. The van der Waals surface area contributed by atoms with E-state index in [9.17, 15) is 4.79 Å². The van der Waals surface area contributed by atoms with E-state index in [1.165, 1.54) is 19.8 Å². The van der Waals surface area contributed by atoms with Gasteiger partial charge >= 0.3 is 0 Å². The summed E-state index contributed by atoms with van der Waals surface area (Å²) < 4.78 is 0. The third kappa shape index (κ3) is 4.22. The lowest BCUT2D eigenvalue weighted by atomic mass is 9.99. The fourth-order valence-electron chi connectivity index (χ4n) is 2.85. The van der Waals surface area contributed by atoms with Crippen molar-refractivity contribution in [2.24, 2.45) is 5.92 Å². The summed E-state index contributed by atoms with van der Waals surface area (Å²) in [5, 5.41) is 6.05. The summed E-state index contributed by atoms with van der Waals surface area (Å²) in [6, 6.07) is 9.54. The molecule has 0 saturated carbocycles. The largest absolute Gasteiger partial charge is 0.356 e. The summed E-state index contributed by atoms with van der Waals surface area (Å²) >= 11 is 0. The van der Waals surface area contributed by atoms with Crippen LogP contribution in [0.2, 0.25) is 0 Å². The first kappa shape index (κ1) is 16.2. The van der Waals surface area contributed by atoms with Crippen LogP contribution in [-0.2, 0) is 4.79 Å². The molecule has 24 heavy (non-hydrogen) atoms. The van der Waals surface area contributed by atoms with Crippen LogP contribution in [0.3, 0.4) is 0 Å². The molecular weight excluding hydrogens is 302 g/mol. The highest BCUT2D eigenvalue weighted by Crippen LogP contribution is 2.24. The number of hydrogen-bond acceptors (Lipinski definition) is 5. The first-order valence-electron chi connectivity index (χ1n) is 8.32. The van der Waals surface area contributed by atoms with Crippen LogP contribution >= 0.6 is 0 Å². The zero-order chi connectivity index (χ0) is 16.9. The molecule has 6 nitrogen and oxygen atoms in total. The quantitative estimate of drug-likeness (QED) is 0.901. The van der Waals surface area contributed by atoms with Gasteiger partial charge in [-0.3, -0.25) is 4.79 Å². The second-order valence-corrected chi connectivity index (χ2v) is 6.32. The molecule has 0 spiro atoms. The van der Waals surface area contributed by atoms with E-state index in [0.717, 1.165) is 42.0 Å². The number of nitrogens with zero attached hydrogens (tertiary/aromatic N) is 3. The van der Waals surface area contributed by atoms with Gasteiger partial charge in [-0.15, -0.1) is 0 Å². The molecule has 0 bridgehead atoms. The number of hydrogen-bond donors (Lipinski definition) is 2. The molecule has 1 amide bonds. The molecule has 0 atom stereocenters. The van der Waals surface area contributed by atoms with Crippen molar-refractivity contribution in [2.45, 2.75) is 26.7 Å². The van der Waals surface area contributed by atoms with Crippen molar-refractivity contribution in [1.29, 1.82) is 0 Å². The first-order chi connectivity index (χ1) is 11.6. The number of benzene rings is 1. The number of amides is 1. The fraction of sp³-hybridized carbons (Fsp3) is 0.389. The molecule has 0 aliphatic carbocycles. The van der Waals surface area contributed by atoms with Crippen LogP contribution in [0.1, 0.15) is 26.7 Å². The molecule has 2 N–H and O–H groups in total. The fourth-order valence-corrected chi connectivity index (χ4v) is 2.85. The van der Waals surface area contributed by atoms with Crippen LogP contribution in [0.4, 0.5) is 23.0 Å². The molecular formula is C18H23N5O. The highest BCUT2D eigenvalue weighted by molar-refractivity contribution is 5.89. The summed E-state index contributed by atoms with van der Waals surface area (Å²) in [7, 11) is 0. The second-order valence-electron chi connectivity index (χ2n) is 6.32. The maximum atomic E-state index is 11.2. The Hall–Kier alpha value is -2.63. The summed E-state index contributed by atoms with van der Waals surface area (Å²) in [6.45, 7) is 5.87. The van der Waals surface area contributed by atoms with Crippen molar-refractivity contribution >= 4 is 28.9 Å². The summed E-state index contributed by atoms with van der Waals surface area (Å²) in [5.74, 6) is 2.41. The van der Waals surface area contributed by atoms with Gasteiger partial charge in [-0.2, -0.15) is 0 Å². The van der Waals surface area contributed by atoms with Crippen LogP contribution in [0.25, 0.3) is 0 Å². The van der Waals surface area contributed by atoms with Gasteiger partial charge in [0.25, 0.3) is 0 Å². The molecule has 2 heterocycles. The molecule has 0 radical (unpaired) electrons. The maximum absolute atomic E-state index is 11.2. The first-order valence-corrected chi connectivity index (χ1v) is 8.32. The Balaban J connectivity index is 1.71. The van der Waals surface area contributed by atoms with Crippen LogP contribution in [-0.4, -0.2) is 29.0 Å². The number of aromatic nitrogens is 2. The molecule has 1 aliphatic heterocycles. The van der Waals surface area contributed by atoms with Crippen molar-refractivity contribution in [3.05, 3.63) is 36.7 Å². The average molecular weight is 325 g/mol. The number of anilines is 4. The molecule has 126 valence electrons. The van der Waals surface area contributed by atoms with Crippen molar-refractivity contribution < 1.29 is 4.79 Å². The Kier molecular flexibility index (Phi) is 4.93. The average Bonchev–Trinajstić information content (AvgIpc) is 2.55. The van der Waals surface area contributed by atoms with Gasteiger partial charge in [0.05, 0.1) is 0 Å². The number of carbonyl (C=O) groups is 1. The molecule has 1 aromatic carbocycles. The minimum absolute atomic E-state index is 0.0872.